The molecule has 2 fully saturated rings. The van der Waals surface area contributed by atoms with Crippen LogP contribution in [0.3, 0.4) is 0 Å². The van der Waals surface area contributed by atoms with Crippen molar-refractivity contribution in [3.8, 4) is 0 Å². The number of ether oxygens (including phenoxy) is 1. The molecule has 3 heteroatoms. The van der Waals surface area contributed by atoms with E-state index in [0.29, 0.717) is 25.2 Å². The van der Waals surface area contributed by atoms with Crippen LogP contribution < -0.4 is 5.32 Å². The summed E-state index contributed by atoms with van der Waals surface area (Å²) in [5, 5.41) is 13.3. The second kappa shape index (κ2) is 7.61. The van der Waals surface area contributed by atoms with Gasteiger partial charge in [0.15, 0.2) is 0 Å². The molecule has 2 aliphatic rings. The third-order valence-electron chi connectivity index (χ3n) is 4.93. The molecule has 0 amide bonds. The maximum absolute atomic E-state index is 9.95. The van der Waals surface area contributed by atoms with E-state index in [1.54, 1.807) is 0 Å². The van der Waals surface area contributed by atoms with E-state index in [0.717, 1.165) is 18.4 Å². The minimum atomic E-state index is -0.353. The van der Waals surface area contributed by atoms with Gasteiger partial charge >= 0.3 is 0 Å². The van der Waals surface area contributed by atoms with Crippen molar-refractivity contribution in [1.82, 2.24) is 5.32 Å². The minimum absolute atomic E-state index is 0.353. The van der Waals surface area contributed by atoms with Gasteiger partial charge in [-0.3, -0.25) is 0 Å². The molecule has 0 aliphatic heterocycles. The predicted octanol–water partition coefficient (Wildman–Crippen LogP) is 2.58. The maximum atomic E-state index is 9.95. The molecule has 5 atom stereocenters. The third-order valence-corrected chi connectivity index (χ3v) is 4.93. The van der Waals surface area contributed by atoms with Gasteiger partial charge in [0.2, 0.25) is 0 Å². The zero-order valence-electron chi connectivity index (χ0n) is 12.6. The molecule has 0 spiro atoms. The fourth-order valence-electron chi connectivity index (χ4n) is 3.27. The Morgan fingerprint density at radius 1 is 1.26 bits per heavy atom. The summed E-state index contributed by atoms with van der Waals surface area (Å²) in [7, 11) is 0. The molecule has 3 nitrogen and oxygen atoms in total. The molecule has 2 saturated carbocycles. The van der Waals surface area contributed by atoms with Crippen molar-refractivity contribution in [3.63, 3.8) is 0 Å². The number of aliphatic hydroxyl groups is 1. The minimum Gasteiger partial charge on any atom is -0.389 e. The van der Waals surface area contributed by atoms with E-state index in [1.165, 1.54) is 38.5 Å². The van der Waals surface area contributed by atoms with E-state index >= 15 is 0 Å². The smallest absolute Gasteiger partial charge is 0.0897 e. The Labute approximate surface area is 118 Å². The van der Waals surface area contributed by atoms with E-state index in [-0.39, 0.29) is 6.10 Å². The topological polar surface area (TPSA) is 41.5 Å². The van der Waals surface area contributed by atoms with Crippen molar-refractivity contribution >= 4 is 0 Å². The van der Waals surface area contributed by atoms with Crippen molar-refractivity contribution in [3.05, 3.63) is 0 Å². The Hall–Kier alpha value is -0.120. The number of nitrogens with one attached hydrogen (secondary N) is 1. The Kier molecular flexibility index (Phi) is 6.11. The SMILES string of the molecule is CCC1CCCCC1OCC(O)CNCC1CC1C. The first-order valence-electron chi connectivity index (χ1n) is 8.21. The molecule has 5 unspecified atom stereocenters. The third kappa shape index (κ3) is 5.05. The molecular weight excluding hydrogens is 238 g/mol. The molecular formula is C16H31NO2. The summed E-state index contributed by atoms with van der Waals surface area (Å²) in [5.41, 5.74) is 0. The Balaban J connectivity index is 1.55. The van der Waals surface area contributed by atoms with Gasteiger partial charge in [0.25, 0.3) is 0 Å². The molecule has 2 aliphatic carbocycles. The lowest BCUT2D eigenvalue weighted by atomic mass is 9.85. The Morgan fingerprint density at radius 2 is 2.00 bits per heavy atom. The average Bonchev–Trinajstić information content (AvgIpc) is 3.12. The lowest BCUT2D eigenvalue weighted by Gasteiger charge is -2.31. The monoisotopic (exact) mass is 269 g/mol. The first kappa shape index (κ1) is 15.3. The molecule has 19 heavy (non-hydrogen) atoms. The van der Waals surface area contributed by atoms with Crippen LogP contribution in [0, 0.1) is 17.8 Å². The highest BCUT2D eigenvalue weighted by molar-refractivity contribution is 4.84. The van der Waals surface area contributed by atoms with Crippen molar-refractivity contribution in [2.24, 2.45) is 17.8 Å². The fraction of sp³-hybridized carbons (Fsp3) is 1.00. The number of hydrogen-bond acceptors (Lipinski definition) is 3. The van der Waals surface area contributed by atoms with Gasteiger partial charge in [0, 0.05) is 6.54 Å². The lowest BCUT2D eigenvalue weighted by Crippen LogP contribution is -2.35. The van der Waals surface area contributed by atoms with Gasteiger partial charge in [-0.05, 0) is 43.6 Å². The molecule has 112 valence electrons. The number of rotatable bonds is 8. The number of aliphatic hydroxyl groups excluding tert-OH is 1. The summed E-state index contributed by atoms with van der Waals surface area (Å²) >= 11 is 0. The predicted molar refractivity (Wildman–Crippen MR) is 78.1 cm³/mol. The van der Waals surface area contributed by atoms with Crippen LogP contribution in [0.15, 0.2) is 0 Å². The molecule has 0 aromatic carbocycles. The van der Waals surface area contributed by atoms with Crippen LogP contribution in [0.5, 0.6) is 0 Å². The highest BCUT2D eigenvalue weighted by atomic mass is 16.5. The highest BCUT2D eigenvalue weighted by Gasteiger charge is 2.31. The molecule has 2 rings (SSSR count). The molecule has 0 saturated heterocycles. The van der Waals surface area contributed by atoms with E-state index in [1.807, 2.05) is 0 Å². The fourth-order valence-corrected chi connectivity index (χ4v) is 3.27. The summed E-state index contributed by atoms with van der Waals surface area (Å²) in [6.45, 7) is 6.77. The summed E-state index contributed by atoms with van der Waals surface area (Å²) in [6, 6.07) is 0. The summed E-state index contributed by atoms with van der Waals surface area (Å²) in [5.74, 6) is 2.44. The lowest BCUT2D eigenvalue weighted by molar-refractivity contribution is -0.0499. The highest BCUT2D eigenvalue weighted by Crippen LogP contribution is 2.36. The molecule has 0 aromatic heterocycles. The zero-order chi connectivity index (χ0) is 13.7. The van der Waals surface area contributed by atoms with Gasteiger partial charge in [0.05, 0.1) is 18.8 Å². The van der Waals surface area contributed by atoms with Crippen molar-refractivity contribution in [2.45, 2.75) is 64.6 Å². The van der Waals surface area contributed by atoms with Crippen LogP contribution in [0.25, 0.3) is 0 Å². The van der Waals surface area contributed by atoms with E-state index in [4.69, 9.17) is 4.74 Å². The molecule has 2 N–H and O–H groups in total. The van der Waals surface area contributed by atoms with Crippen LogP contribution in [0.1, 0.15) is 52.4 Å². The van der Waals surface area contributed by atoms with Crippen molar-refractivity contribution < 1.29 is 9.84 Å². The van der Waals surface area contributed by atoms with E-state index in [2.05, 4.69) is 19.2 Å². The largest absolute Gasteiger partial charge is 0.389 e. The Bertz CT molecular complexity index is 259. The molecule has 0 heterocycles. The quantitative estimate of drug-likeness (QED) is 0.711. The van der Waals surface area contributed by atoms with Gasteiger partial charge in [-0.25, -0.2) is 0 Å². The van der Waals surface area contributed by atoms with Gasteiger partial charge in [-0.15, -0.1) is 0 Å². The Morgan fingerprint density at radius 3 is 2.68 bits per heavy atom. The zero-order valence-corrected chi connectivity index (χ0v) is 12.6. The van der Waals surface area contributed by atoms with E-state index < -0.39 is 0 Å². The summed E-state index contributed by atoms with van der Waals surface area (Å²) < 4.78 is 5.95. The summed E-state index contributed by atoms with van der Waals surface area (Å²) in [4.78, 5) is 0. The maximum Gasteiger partial charge on any atom is 0.0897 e. The molecule has 0 radical (unpaired) electrons. The van der Waals surface area contributed by atoms with Crippen LogP contribution in [-0.2, 0) is 4.74 Å². The first-order valence-corrected chi connectivity index (χ1v) is 8.21. The van der Waals surface area contributed by atoms with Crippen LogP contribution in [-0.4, -0.2) is 37.0 Å². The van der Waals surface area contributed by atoms with Crippen LogP contribution in [0.2, 0.25) is 0 Å². The van der Waals surface area contributed by atoms with Crippen molar-refractivity contribution in [2.75, 3.05) is 19.7 Å². The standard InChI is InChI=1S/C16H31NO2/c1-3-13-6-4-5-7-16(13)19-11-15(18)10-17-9-14-8-12(14)2/h12-18H,3-11H2,1-2H3. The van der Waals surface area contributed by atoms with E-state index in [9.17, 15) is 5.11 Å². The first-order chi connectivity index (χ1) is 9.20. The number of hydrogen-bond donors (Lipinski definition) is 2. The summed E-state index contributed by atoms with van der Waals surface area (Å²) in [6.07, 6.45) is 7.70. The molecule has 0 aromatic rings. The molecule has 0 bridgehead atoms. The second-order valence-corrected chi connectivity index (χ2v) is 6.61. The van der Waals surface area contributed by atoms with Crippen molar-refractivity contribution in [1.29, 1.82) is 0 Å². The van der Waals surface area contributed by atoms with Gasteiger partial charge < -0.3 is 15.2 Å². The van der Waals surface area contributed by atoms with Crippen LogP contribution >= 0.6 is 0 Å². The normalized spacial score (nSPS) is 36.2. The van der Waals surface area contributed by atoms with Gasteiger partial charge in [-0.1, -0.05) is 33.1 Å². The average molecular weight is 269 g/mol. The van der Waals surface area contributed by atoms with Crippen LogP contribution in [0.4, 0.5) is 0 Å². The van der Waals surface area contributed by atoms with Gasteiger partial charge in [-0.2, -0.15) is 0 Å². The second-order valence-electron chi connectivity index (χ2n) is 6.61. The van der Waals surface area contributed by atoms with Gasteiger partial charge in [0.1, 0.15) is 0 Å².